The predicted octanol–water partition coefficient (Wildman–Crippen LogP) is 4.92. The van der Waals surface area contributed by atoms with E-state index in [0.29, 0.717) is 10.5 Å². The van der Waals surface area contributed by atoms with Crippen LogP contribution in [-0.4, -0.2) is 28.4 Å². The van der Waals surface area contributed by atoms with Crippen molar-refractivity contribution in [2.75, 3.05) is 6.54 Å². The maximum Gasteiger partial charge on any atom is 0.293 e. The smallest absolute Gasteiger partial charge is 0.292 e. The van der Waals surface area contributed by atoms with Crippen molar-refractivity contribution in [1.29, 1.82) is 0 Å². The molecule has 0 bridgehead atoms. The van der Waals surface area contributed by atoms with Crippen molar-refractivity contribution < 1.29 is 14.4 Å². The number of hydrogen-bond acceptors (Lipinski definition) is 4. The van der Waals surface area contributed by atoms with Gasteiger partial charge in [0.05, 0.1) is 11.4 Å². The average Bonchev–Trinajstić information content (AvgIpc) is 2.91. The van der Waals surface area contributed by atoms with Crippen molar-refractivity contribution in [3.63, 3.8) is 0 Å². The zero-order valence-corrected chi connectivity index (χ0v) is 16.0. The van der Waals surface area contributed by atoms with E-state index in [0.717, 1.165) is 26.7 Å². The molecule has 0 N–H and O–H groups in total. The van der Waals surface area contributed by atoms with Gasteiger partial charge in [-0.2, -0.15) is 0 Å². The molecule has 3 rings (SSSR count). The van der Waals surface area contributed by atoms with Gasteiger partial charge in [0.2, 0.25) is 0 Å². The molecule has 0 atom stereocenters. The number of hydrogen-bond donors (Lipinski definition) is 0. The lowest BCUT2D eigenvalue weighted by Gasteiger charge is -2.11. The number of Topliss-reactive ketones (excluding diaryl/α,β-unsaturated/α-hetero) is 1. The molecule has 0 saturated carbocycles. The number of halogens is 1. The van der Waals surface area contributed by atoms with Gasteiger partial charge in [0, 0.05) is 10.0 Å². The fourth-order valence-corrected chi connectivity index (χ4v) is 3.39. The van der Waals surface area contributed by atoms with Gasteiger partial charge in [-0.25, -0.2) is 0 Å². The third-order valence-corrected chi connectivity index (χ3v) is 5.13. The SMILES string of the molecule is O=C(CN1C(=O)S/C(=C/C=C/c2ccccc2)C1=O)c1ccc(Br)cc1. The second-order valence-electron chi connectivity index (χ2n) is 5.49. The number of thioether (sulfide) groups is 1. The number of nitrogens with zero attached hydrogens (tertiary/aromatic N) is 1. The van der Waals surface area contributed by atoms with Crippen LogP contribution < -0.4 is 0 Å². The van der Waals surface area contributed by atoms with E-state index in [4.69, 9.17) is 0 Å². The Morgan fingerprint density at radius 3 is 2.42 bits per heavy atom. The zero-order chi connectivity index (χ0) is 18.5. The van der Waals surface area contributed by atoms with Crippen molar-refractivity contribution in [3.05, 3.63) is 87.3 Å². The van der Waals surface area contributed by atoms with Gasteiger partial charge < -0.3 is 0 Å². The average molecular weight is 428 g/mol. The lowest BCUT2D eigenvalue weighted by Crippen LogP contribution is -2.33. The molecule has 0 spiro atoms. The van der Waals surface area contributed by atoms with Gasteiger partial charge in [0.25, 0.3) is 11.1 Å². The molecule has 4 nitrogen and oxygen atoms in total. The van der Waals surface area contributed by atoms with Crippen LogP contribution >= 0.6 is 27.7 Å². The lowest BCUT2D eigenvalue weighted by atomic mass is 10.1. The van der Waals surface area contributed by atoms with Crippen LogP contribution in [0.3, 0.4) is 0 Å². The van der Waals surface area contributed by atoms with Crippen LogP contribution in [0.15, 0.2) is 76.1 Å². The topological polar surface area (TPSA) is 54.5 Å². The summed E-state index contributed by atoms with van der Waals surface area (Å²) in [7, 11) is 0. The summed E-state index contributed by atoms with van der Waals surface area (Å²) in [5.74, 6) is -0.718. The highest BCUT2D eigenvalue weighted by Crippen LogP contribution is 2.30. The number of carbonyl (C=O) groups is 3. The summed E-state index contributed by atoms with van der Waals surface area (Å²) in [5, 5.41) is -0.431. The molecular weight excluding hydrogens is 414 g/mol. The van der Waals surface area contributed by atoms with E-state index < -0.39 is 11.1 Å². The highest BCUT2D eigenvalue weighted by molar-refractivity contribution is 9.10. The third kappa shape index (κ3) is 4.39. The van der Waals surface area contributed by atoms with Crippen molar-refractivity contribution in [1.82, 2.24) is 4.90 Å². The van der Waals surface area contributed by atoms with Crippen LogP contribution in [-0.2, 0) is 4.79 Å². The molecule has 2 amide bonds. The van der Waals surface area contributed by atoms with Crippen molar-refractivity contribution in [3.8, 4) is 0 Å². The van der Waals surface area contributed by atoms with E-state index in [1.165, 1.54) is 0 Å². The van der Waals surface area contributed by atoms with Crippen LogP contribution in [0, 0.1) is 0 Å². The molecule has 2 aromatic rings. The minimum Gasteiger partial charge on any atom is -0.292 e. The molecule has 0 aliphatic carbocycles. The Bertz CT molecular complexity index is 904. The molecule has 1 aliphatic rings. The van der Waals surface area contributed by atoms with Gasteiger partial charge in [-0.3, -0.25) is 19.3 Å². The fourth-order valence-electron chi connectivity index (χ4n) is 2.33. The van der Waals surface area contributed by atoms with Crippen LogP contribution in [0.25, 0.3) is 6.08 Å². The van der Waals surface area contributed by atoms with Gasteiger partial charge in [-0.1, -0.05) is 70.5 Å². The van der Waals surface area contributed by atoms with Crippen molar-refractivity contribution in [2.45, 2.75) is 0 Å². The number of amides is 2. The van der Waals surface area contributed by atoms with Crippen molar-refractivity contribution in [2.24, 2.45) is 0 Å². The van der Waals surface area contributed by atoms with Gasteiger partial charge in [0.1, 0.15) is 0 Å². The van der Waals surface area contributed by atoms with Gasteiger partial charge in [-0.15, -0.1) is 0 Å². The Kier molecular flexibility index (Phi) is 5.85. The maximum absolute atomic E-state index is 12.4. The molecule has 2 aromatic carbocycles. The molecule has 1 fully saturated rings. The standard InChI is InChI=1S/C20H14BrNO3S/c21-16-11-9-15(10-12-16)17(23)13-22-19(24)18(26-20(22)25)8-4-7-14-5-2-1-3-6-14/h1-12H,13H2/b7-4+,18-8+. The summed E-state index contributed by atoms with van der Waals surface area (Å²) >= 11 is 4.15. The fraction of sp³-hybridized carbons (Fsp3) is 0.0500. The summed E-state index contributed by atoms with van der Waals surface area (Å²) in [6.45, 7) is -0.258. The minimum atomic E-state index is -0.442. The Balaban J connectivity index is 1.68. The third-order valence-electron chi connectivity index (χ3n) is 3.68. The van der Waals surface area contributed by atoms with E-state index in [1.807, 2.05) is 36.4 Å². The molecule has 6 heteroatoms. The quantitative estimate of drug-likeness (QED) is 0.501. The Morgan fingerprint density at radius 2 is 1.73 bits per heavy atom. The molecule has 0 radical (unpaired) electrons. The van der Waals surface area contributed by atoms with Gasteiger partial charge in [0.15, 0.2) is 5.78 Å². The van der Waals surface area contributed by atoms with Crippen LogP contribution in [0.1, 0.15) is 15.9 Å². The highest BCUT2D eigenvalue weighted by atomic mass is 79.9. The molecule has 0 unspecified atom stereocenters. The summed E-state index contributed by atoms with van der Waals surface area (Å²) < 4.78 is 0.855. The number of benzene rings is 2. The van der Waals surface area contributed by atoms with E-state index in [9.17, 15) is 14.4 Å². The van der Waals surface area contributed by atoms with Crippen LogP contribution in [0.5, 0.6) is 0 Å². The minimum absolute atomic E-state index is 0.258. The molecule has 1 heterocycles. The summed E-state index contributed by atoms with van der Waals surface area (Å²) in [4.78, 5) is 38.1. The number of carbonyl (C=O) groups excluding carboxylic acids is 3. The molecular formula is C20H14BrNO3S. The predicted molar refractivity (Wildman–Crippen MR) is 107 cm³/mol. The number of ketones is 1. The van der Waals surface area contributed by atoms with Gasteiger partial charge >= 0.3 is 0 Å². The number of allylic oxidation sites excluding steroid dienone is 2. The maximum atomic E-state index is 12.4. The van der Waals surface area contributed by atoms with E-state index in [2.05, 4.69) is 15.9 Å². The summed E-state index contributed by atoms with van der Waals surface area (Å²) in [5.41, 5.74) is 1.45. The molecule has 130 valence electrons. The highest BCUT2D eigenvalue weighted by Gasteiger charge is 2.36. The number of imide groups is 1. The molecule has 1 saturated heterocycles. The second-order valence-corrected chi connectivity index (χ2v) is 7.40. The number of rotatable bonds is 5. The van der Waals surface area contributed by atoms with Crippen molar-refractivity contribution >= 4 is 50.7 Å². The Hall–Kier alpha value is -2.44. The van der Waals surface area contributed by atoms with E-state index in [1.54, 1.807) is 36.4 Å². The molecule has 1 aliphatic heterocycles. The van der Waals surface area contributed by atoms with E-state index in [-0.39, 0.29) is 12.3 Å². The molecule has 26 heavy (non-hydrogen) atoms. The Labute approximate surface area is 163 Å². The first-order valence-corrected chi connectivity index (χ1v) is 9.41. The largest absolute Gasteiger partial charge is 0.293 e. The molecule has 0 aromatic heterocycles. The van der Waals surface area contributed by atoms with Gasteiger partial charge in [-0.05, 0) is 35.5 Å². The monoisotopic (exact) mass is 427 g/mol. The first-order chi connectivity index (χ1) is 12.5. The summed E-state index contributed by atoms with van der Waals surface area (Å²) in [6.07, 6.45) is 5.17. The first-order valence-electron chi connectivity index (χ1n) is 7.80. The first kappa shape index (κ1) is 18.4. The zero-order valence-electron chi connectivity index (χ0n) is 13.6. The van der Waals surface area contributed by atoms with Crippen LogP contribution in [0.4, 0.5) is 4.79 Å². The second kappa shape index (κ2) is 8.29. The Morgan fingerprint density at radius 1 is 1.04 bits per heavy atom. The summed E-state index contributed by atoms with van der Waals surface area (Å²) in [6, 6.07) is 16.4. The van der Waals surface area contributed by atoms with Crippen LogP contribution in [0.2, 0.25) is 0 Å². The lowest BCUT2D eigenvalue weighted by molar-refractivity contribution is -0.122. The van der Waals surface area contributed by atoms with E-state index >= 15 is 0 Å². The normalized spacial score (nSPS) is 16.0.